The number of rotatable bonds is 9. The largest absolute Gasteiger partial charge is 0.492 e. The minimum atomic E-state index is -2.64. The second-order valence-electron chi connectivity index (χ2n) is 11.7. The molecule has 0 aliphatic carbocycles. The predicted molar refractivity (Wildman–Crippen MR) is 166 cm³/mol. The van der Waals surface area contributed by atoms with Gasteiger partial charge in [0.05, 0.1) is 41.4 Å². The first-order valence-electron chi connectivity index (χ1n) is 14.6. The fourth-order valence-corrected chi connectivity index (χ4v) is 5.75. The minimum Gasteiger partial charge on any atom is -0.492 e. The van der Waals surface area contributed by atoms with Crippen molar-refractivity contribution in [2.24, 2.45) is 0 Å². The van der Waals surface area contributed by atoms with Crippen molar-refractivity contribution in [3.63, 3.8) is 0 Å². The highest BCUT2D eigenvalue weighted by Crippen LogP contribution is 2.36. The van der Waals surface area contributed by atoms with E-state index in [2.05, 4.69) is 30.1 Å². The summed E-state index contributed by atoms with van der Waals surface area (Å²) in [5.74, 6) is -2.58. The van der Waals surface area contributed by atoms with Crippen LogP contribution >= 0.6 is 0 Å². The highest BCUT2D eigenvalue weighted by Gasteiger charge is 2.37. The van der Waals surface area contributed by atoms with Crippen molar-refractivity contribution in [1.29, 1.82) is 0 Å². The first-order valence-corrected chi connectivity index (χ1v) is 14.6. The van der Waals surface area contributed by atoms with Crippen LogP contribution in [0.4, 0.5) is 13.2 Å². The zero-order valence-electron chi connectivity index (χ0n) is 24.8. The van der Waals surface area contributed by atoms with E-state index in [1.807, 2.05) is 43.3 Å². The number of likely N-dealkylation sites (N-methyl/N-ethyl adjacent to an activating group) is 1. The van der Waals surface area contributed by atoms with Crippen molar-refractivity contribution >= 4 is 21.8 Å². The molecule has 1 aromatic carbocycles. The Morgan fingerprint density at radius 3 is 2.62 bits per heavy atom. The summed E-state index contributed by atoms with van der Waals surface area (Å²) in [6.45, 7) is 1.66. The molecular formula is C33H31F3N8O. The molecule has 7 rings (SSSR count). The smallest absolute Gasteiger partial charge is 0.261 e. The maximum absolute atomic E-state index is 14.7. The molecule has 1 aliphatic rings. The number of aromatic amines is 2. The average Bonchev–Trinajstić information content (AvgIpc) is 3.72. The fraction of sp³-hybridized carbons (Fsp3) is 0.273. The second-order valence-corrected chi connectivity index (χ2v) is 11.7. The normalized spacial score (nSPS) is 15.1. The van der Waals surface area contributed by atoms with Gasteiger partial charge in [0.25, 0.3) is 5.92 Å². The van der Waals surface area contributed by atoms with E-state index < -0.39 is 11.7 Å². The number of ether oxygens (including phenoxy) is 1. The third-order valence-corrected chi connectivity index (χ3v) is 7.98. The summed E-state index contributed by atoms with van der Waals surface area (Å²) >= 11 is 0. The van der Waals surface area contributed by atoms with Gasteiger partial charge in [-0.1, -0.05) is 0 Å². The van der Waals surface area contributed by atoms with E-state index in [9.17, 15) is 13.2 Å². The number of hydrogen-bond donors (Lipinski definition) is 2. The molecule has 9 nitrogen and oxygen atoms in total. The Morgan fingerprint density at radius 1 is 0.933 bits per heavy atom. The Hall–Kier alpha value is -4.81. The van der Waals surface area contributed by atoms with Crippen LogP contribution in [0.1, 0.15) is 12.0 Å². The molecule has 0 radical (unpaired) electrons. The SMILES string of the molecule is CN(C)CCOc1cc(F)cc(-c2cncc3[nH]c(-c4n[nH]c5cnc(-c6cncc(CN7CCC(F)(F)C7)c6)cc45)cc23)c1. The van der Waals surface area contributed by atoms with Crippen LogP contribution in [0.15, 0.2) is 67.4 Å². The van der Waals surface area contributed by atoms with E-state index in [1.165, 1.54) is 12.1 Å². The van der Waals surface area contributed by atoms with Crippen LogP contribution in [0.25, 0.3) is 55.6 Å². The Bertz CT molecular complexity index is 2000. The summed E-state index contributed by atoms with van der Waals surface area (Å²) in [5.41, 5.74) is 6.69. The Balaban J connectivity index is 1.20. The topological polar surface area (TPSA) is 98.8 Å². The van der Waals surface area contributed by atoms with E-state index in [4.69, 9.17) is 4.74 Å². The molecule has 5 aromatic heterocycles. The lowest BCUT2D eigenvalue weighted by atomic mass is 10.0. The summed E-state index contributed by atoms with van der Waals surface area (Å²) < 4.78 is 47.9. The van der Waals surface area contributed by atoms with E-state index >= 15 is 0 Å². The van der Waals surface area contributed by atoms with Crippen molar-refractivity contribution in [3.05, 3.63) is 78.8 Å². The van der Waals surface area contributed by atoms with Crippen LogP contribution < -0.4 is 4.74 Å². The summed E-state index contributed by atoms with van der Waals surface area (Å²) in [7, 11) is 3.91. The van der Waals surface area contributed by atoms with Crippen molar-refractivity contribution in [1.82, 2.24) is 39.9 Å². The number of H-pyrrole nitrogens is 2. The van der Waals surface area contributed by atoms with Gasteiger partial charge in [-0.05, 0) is 55.6 Å². The van der Waals surface area contributed by atoms with Gasteiger partial charge in [0, 0.05) is 72.6 Å². The van der Waals surface area contributed by atoms with Crippen molar-refractivity contribution < 1.29 is 17.9 Å². The number of benzene rings is 1. The van der Waals surface area contributed by atoms with Gasteiger partial charge in [-0.2, -0.15) is 5.10 Å². The first-order chi connectivity index (χ1) is 21.7. The van der Waals surface area contributed by atoms with Gasteiger partial charge >= 0.3 is 0 Å². The summed E-state index contributed by atoms with van der Waals surface area (Å²) in [4.78, 5) is 20.5. The molecule has 12 heteroatoms. The molecule has 0 bridgehead atoms. The molecule has 45 heavy (non-hydrogen) atoms. The number of fused-ring (bicyclic) bond motifs is 2. The maximum atomic E-state index is 14.7. The van der Waals surface area contributed by atoms with Crippen molar-refractivity contribution in [3.8, 4) is 39.5 Å². The average molecular weight is 613 g/mol. The van der Waals surface area contributed by atoms with Gasteiger partial charge in [-0.3, -0.25) is 25.0 Å². The molecule has 0 amide bonds. The molecule has 0 unspecified atom stereocenters. The van der Waals surface area contributed by atoms with Crippen LogP contribution in [0.2, 0.25) is 0 Å². The molecule has 1 saturated heterocycles. The lowest BCUT2D eigenvalue weighted by Crippen LogP contribution is -2.24. The van der Waals surface area contributed by atoms with Crippen LogP contribution in [-0.4, -0.2) is 86.2 Å². The number of halogens is 3. The Kier molecular flexibility index (Phi) is 7.46. The number of nitrogens with zero attached hydrogens (tertiary/aromatic N) is 6. The summed E-state index contributed by atoms with van der Waals surface area (Å²) in [5, 5.41) is 9.34. The molecule has 0 atom stereocenters. The minimum absolute atomic E-state index is 0.123. The zero-order chi connectivity index (χ0) is 31.1. The first kappa shape index (κ1) is 28.9. The van der Waals surface area contributed by atoms with Crippen molar-refractivity contribution in [2.75, 3.05) is 40.3 Å². The van der Waals surface area contributed by atoms with Gasteiger partial charge in [0.15, 0.2) is 0 Å². The lowest BCUT2D eigenvalue weighted by molar-refractivity contribution is 0.0115. The van der Waals surface area contributed by atoms with Gasteiger partial charge in [-0.15, -0.1) is 0 Å². The van der Waals surface area contributed by atoms with E-state index in [1.54, 1.807) is 35.9 Å². The quantitative estimate of drug-likeness (QED) is 0.202. The Labute approximate surface area is 257 Å². The standard InChI is InChI=1S/C33H31F3N8O/c1-43(2)5-6-45-24-9-21(8-23(34)10-24)27-15-38-16-30-25(27)11-29(40-30)32-26-12-28(39-17-31(26)41-42-32)22-7-20(13-37-14-22)18-44-4-3-33(35,36)19-44/h7-17,40H,3-6,18-19H2,1-2H3,(H,41,42). The number of hydrogen-bond acceptors (Lipinski definition) is 7. The molecule has 6 aromatic rings. The van der Waals surface area contributed by atoms with Crippen LogP contribution in [0.3, 0.4) is 0 Å². The third-order valence-electron chi connectivity index (χ3n) is 7.98. The predicted octanol–water partition coefficient (Wildman–Crippen LogP) is 6.15. The van der Waals surface area contributed by atoms with E-state index in [-0.39, 0.29) is 13.0 Å². The third kappa shape index (κ3) is 6.11. The summed E-state index contributed by atoms with van der Waals surface area (Å²) in [6.07, 6.45) is 8.46. The number of likely N-dealkylation sites (tertiary alicyclic amines) is 1. The zero-order valence-corrected chi connectivity index (χ0v) is 24.8. The fourth-order valence-electron chi connectivity index (χ4n) is 5.75. The van der Waals surface area contributed by atoms with Gasteiger partial charge in [-0.25, -0.2) is 13.2 Å². The lowest BCUT2D eigenvalue weighted by Gasteiger charge is -2.15. The van der Waals surface area contributed by atoms with E-state index in [0.29, 0.717) is 48.9 Å². The second kappa shape index (κ2) is 11.6. The highest BCUT2D eigenvalue weighted by atomic mass is 19.3. The number of nitrogens with one attached hydrogen (secondary N) is 2. The van der Waals surface area contributed by atoms with Crippen LogP contribution in [-0.2, 0) is 6.54 Å². The number of aromatic nitrogens is 6. The molecule has 0 saturated carbocycles. The molecule has 230 valence electrons. The Morgan fingerprint density at radius 2 is 1.80 bits per heavy atom. The monoisotopic (exact) mass is 612 g/mol. The molecule has 2 N–H and O–H groups in total. The van der Waals surface area contributed by atoms with Gasteiger partial charge in [0.2, 0.25) is 0 Å². The molecular weight excluding hydrogens is 581 g/mol. The highest BCUT2D eigenvalue weighted by molar-refractivity contribution is 6.01. The van der Waals surface area contributed by atoms with Crippen molar-refractivity contribution in [2.45, 2.75) is 18.9 Å². The van der Waals surface area contributed by atoms with Crippen LogP contribution in [0.5, 0.6) is 5.75 Å². The van der Waals surface area contributed by atoms with Crippen LogP contribution in [0, 0.1) is 5.82 Å². The number of alkyl halides is 2. The molecule has 1 aliphatic heterocycles. The molecule has 1 fully saturated rings. The molecule has 0 spiro atoms. The van der Waals surface area contributed by atoms with Gasteiger partial charge in [0.1, 0.15) is 23.9 Å². The maximum Gasteiger partial charge on any atom is 0.261 e. The number of pyridine rings is 3. The van der Waals surface area contributed by atoms with Gasteiger partial charge < -0.3 is 14.6 Å². The van der Waals surface area contributed by atoms with E-state index in [0.717, 1.165) is 44.2 Å². The molecule has 6 heterocycles. The summed E-state index contributed by atoms with van der Waals surface area (Å²) in [6, 6.07) is 10.5.